The maximum absolute atomic E-state index is 11.0. The average Bonchev–Trinajstić information content (AvgIpc) is 2.54. The van der Waals surface area contributed by atoms with E-state index in [0.29, 0.717) is 23.7 Å². The van der Waals surface area contributed by atoms with E-state index in [9.17, 15) is 4.79 Å². The van der Waals surface area contributed by atoms with Crippen molar-refractivity contribution < 1.29 is 19.4 Å². The molecule has 0 aliphatic heterocycles. The van der Waals surface area contributed by atoms with Crippen molar-refractivity contribution in [3.63, 3.8) is 0 Å². The molecule has 124 valence electrons. The Labute approximate surface area is 141 Å². The Kier molecular flexibility index (Phi) is 7.38. The van der Waals surface area contributed by atoms with Gasteiger partial charge in [-0.05, 0) is 11.6 Å². The van der Waals surface area contributed by atoms with Crippen molar-refractivity contribution >= 4 is 18.4 Å². The number of carboxylic acids is 1. The Balaban J connectivity index is 0.00000264. The second-order valence-corrected chi connectivity index (χ2v) is 4.87. The zero-order valence-corrected chi connectivity index (χ0v) is 13.6. The first-order valence-electron chi connectivity index (χ1n) is 6.92. The number of hydrogen-bond donors (Lipinski definition) is 2. The molecule has 0 saturated heterocycles. The van der Waals surface area contributed by atoms with Gasteiger partial charge in [0.2, 0.25) is 0 Å². The predicted molar refractivity (Wildman–Crippen MR) is 90.3 cm³/mol. The van der Waals surface area contributed by atoms with Gasteiger partial charge in [-0.3, -0.25) is 4.79 Å². The van der Waals surface area contributed by atoms with Crippen LogP contribution in [0.2, 0.25) is 0 Å². The van der Waals surface area contributed by atoms with Crippen molar-refractivity contribution in [3.8, 4) is 11.5 Å². The molecule has 3 N–H and O–H groups in total. The minimum absolute atomic E-state index is 0. The number of carboxylic acid groups (broad SMARTS) is 1. The minimum Gasteiger partial charge on any atom is -0.493 e. The molecule has 0 bridgehead atoms. The second kappa shape index (κ2) is 9.02. The van der Waals surface area contributed by atoms with Crippen molar-refractivity contribution in [2.75, 3.05) is 7.11 Å². The van der Waals surface area contributed by atoms with Crippen LogP contribution in [0.4, 0.5) is 0 Å². The Bertz CT molecular complexity index is 634. The van der Waals surface area contributed by atoms with Crippen LogP contribution in [0.5, 0.6) is 11.5 Å². The molecule has 5 nitrogen and oxygen atoms in total. The van der Waals surface area contributed by atoms with Gasteiger partial charge in [-0.2, -0.15) is 0 Å². The molecule has 0 spiro atoms. The molecular formula is C17H20ClNO4. The van der Waals surface area contributed by atoms with E-state index in [-0.39, 0.29) is 18.8 Å². The second-order valence-electron chi connectivity index (χ2n) is 4.87. The number of nitrogens with two attached hydrogens (primary N) is 1. The number of rotatable bonds is 7. The van der Waals surface area contributed by atoms with Crippen LogP contribution >= 0.6 is 12.4 Å². The molecule has 0 fully saturated rings. The standard InChI is InChI=1S/C17H19NO4.ClH/c1-21-15-9-5-8-13(10-14(18)17(19)20)16(15)22-11-12-6-3-2-4-7-12;/h2-9,14H,10-11,18H2,1H3,(H,19,20);1H/t14-;/m0./s1. The highest BCUT2D eigenvalue weighted by atomic mass is 35.5. The topological polar surface area (TPSA) is 81.8 Å². The van der Waals surface area contributed by atoms with Crippen LogP contribution in [0.15, 0.2) is 48.5 Å². The fourth-order valence-corrected chi connectivity index (χ4v) is 2.10. The number of methoxy groups -OCH3 is 1. The molecule has 0 radical (unpaired) electrons. The zero-order chi connectivity index (χ0) is 15.9. The van der Waals surface area contributed by atoms with Gasteiger partial charge in [0.05, 0.1) is 7.11 Å². The number of carbonyl (C=O) groups is 1. The average molecular weight is 338 g/mol. The van der Waals surface area contributed by atoms with Crippen LogP contribution in [-0.2, 0) is 17.8 Å². The van der Waals surface area contributed by atoms with Crippen molar-refractivity contribution in [2.24, 2.45) is 5.73 Å². The summed E-state index contributed by atoms with van der Waals surface area (Å²) in [6.07, 6.45) is 0.177. The monoisotopic (exact) mass is 337 g/mol. The van der Waals surface area contributed by atoms with E-state index >= 15 is 0 Å². The number of ether oxygens (including phenoxy) is 2. The lowest BCUT2D eigenvalue weighted by Crippen LogP contribution is -2.32. The summed E-state index contributed by atoms with van der Waals surface area (Å²) in [6.45, 7) is 0.372. The molecule has 0 aliphatic carbocycles. The number of aliphatic carboxylic acids is 1. The smallest absolute Gasteiger partial charge is 0.320 e. The minimum atomic E-state index is -1.04. The molecule has 0 saturated carbocycles. The van der Waals surface area contributed by atoms with Crippen molar-refractivity contribution in [1.82, 2.24) is 0 Å². The molecule has 2 aromatic rings. The zero-order valence-electron chi connectivity index (χ0n) is 12.8. The van der Waals surface area contributed by atoms with E-state index < -0.39 is 12.0 Å². The fourth-order valence-electron chi connectivity index (χ4n) is 2.10. The van der Waals surface area contributed by atoms with E-state index in [1.165, 1.54) is 0 Å². The molecule has 0 aliphatic rings. The largest absolute Gasteiger partial charge is 0.493 e. The first-order valence-corrected chi connectivity index (χ1v) is 6.92. The van der Waals surface area contributed by atoms with E-state index in [4.69, 9.17) is 20.3 Å². The molecule has 0 heterocycles. The molecule has 1 atom stereocenters. The number of para-hydroxylation sites is 1. The lowest BCUT2D eigenvalue weighted by atomic mass is 10.0. The van der Waals surface area contributed by atoms with Crippen LogP contribution in [-0.4, -0.2) is 24.2 Å². The van der Waals surface area contributed by atoms with E-state index in [0.717, 1.165) is 5.56 Å². The summed E-state index contributed by atoms with van der Waals surface area (Å²) in [5, 5.41) is 8.97. The molecule has 2 aromatic carbocycles. The molecule has 0 amide bonds. The Morgan fingerprint density at radius 1 is 1.17 bits per heavy atom. The normalized spacial score (nSPS) is 11.2. The Morgan fingerprint density at radius 2 is 1.87 bits per heavy atom. The summed E-state index contributed by atoms with van der Waals surface area (Å²) in [5.41, 5.74) is 7.35. The van der Waals surface area contributed by atoms with Crippen LogP contribution in [0, 0.1) is 0 Å². The highest BCUT2D eigenvalue weighted by Gasteiger charge is 2.18. The first kappa shape index (κ1) is 18.8. The highest BCUT2D eigenvalue weighted by molar-refractivity contribution is 5.85. The summed E-state index contributed by atoms with van der Waals surface area (Å²) >= 11 is 0. The quantitative estimate of drug-likeness (QED) is 0.811. The highest BCUT2D eigenvalue weighted by Crippen LogP contribution is 2.32. The third kappa shape index (κ3) is 5.16. The van der Waals surface area contributed by atoms with Crippen molar-refractivity contribution in [3.05, 3.63) is 59.7 Å². The van der Waals surface area contributed by atoms with Gasteiger partial charge in [0.1, 0.15) is 12.6 Å². The molecule has 0 unspecified atom stereocenters. The number of benzene rings is 2. The fraction of sp³-hybridized carbons (Fsp3) is 0.235. The molecule has 6 heteroatoms. The van der Waals surface area contributed by atoms with Gasteiger partial charge < -0.3 is 20.3 Å². The van der Waals surface area contributed by atoms with E-state index in [2.05, 4.69) is 0 Å². The maximum atomic E-state index is 11.0. The first-order chi connectivity index (χ1) is 10.6. The summed E-state index contributed by atoms with van der Waals surface area (Å²) in [5.74, 6) is 0.0494. The molecular weight excluding hydrogens is 318 g/mol. The van der Waals surface area contributed by atoms with E-state index in [1.807, 2.05) is 30.3 Å². The van der Waals surface area contributed by atoms with Crippen LogP contribution in [0.25, 0.3) is 0 Å². The van der Waals surface area contributed by atoms with Crippen molar-refractivity contribution in [2.45, 2.75) is 19.1 Å². The van der Waals surface area contributed by atoms with Crippen LogP contribution in [0.3, 0.4) is 0 Å². The predicted octanol–water partition coefficient (Wildman–Crippen LogP) is 2.65. The number of halogens is 1. The summed E-state index contributed by atoms with van der Waals surface area (Å²) < 4.78 is 11.2. The maximum Gasteiger partial charge on any atom is 0.320 e. The molecule has 0 aromatic heterocycles. The van der Waals surface area contributed by atoms with Crippen molar-refractivity contribution in [1.29, 1.82) is 0 Å². The van der Waals surface area contributed by atoms with Gasteiger partial charge in [0.15, 0.2) is 11.5 Å². The lowest BCUT2D eigenvalue weighted by molar-refractivity contribution is -0.138. The van der Waals surface area contributed by atoms with Crippen LogP contribution < -0.4 is 15.2 Å². The third-order valence-electron chi connectivity index (χ3n) is 3.26. The summed E-state index contributed by atoms with van der Waals surface area (Å²) in [4.78, 5) is 11.0. The van der Waals surface area contributed by atoms with Gasteiger partial charge in [-0.25, -0.2) is 0 Å². The van der Waals surface area contributed by atoms with Gasteiger partial charge >= 0.3 is 5.97 Å². The molecule has 2 rings (SSSR count). The Morgan fingerprint density at radius 3 is 2.48 bits per heavy atom. The number of hydrogen-bond acceptors (Lipinski definition) is 4. The lowest BCUT2D eigenvalue weighted by Gasteiger charge is -2.16. The summed E-state index contributed by atoms with van der Waals surface area (Å²) in [6, 6.07) is 14.1. The van der Waals surface area contributed by atoms with Crippen LogP contribution in [0.1, 0.15) is 11.1 Å². The van der Waals surface area contributed by atoms with E-state index in [1.54, 1.807) is 25.3 Å². The van der Waals surface area contributed by atoms with Gasteiger partial charge in [0, 0.05) is 12.0 Å². The van der Waals surface area contributed by atoms with Gasteiger partial charge in [0.25, 0.3) is 0 Å². The third-order valence-corrected chi connectivity index (χ3v) is 3.26. The molecule has 23 heavy (non-hydrogen) atoms. The van der Waals surface area contributed by atoms with Gasteiger partial charge in [-0.1, -0.05) is 42.5 Å². The van der Waals surface area contributed by atoms with Gasteiger partial charge in [-0.15, -0.1) is 12.4 Å². The Hall–Kier alpha value is -2.24. The SMILES string of the molecule is COc1cccc(C[C@H](N)C(=O)O)c1OCc1ccccc1.Cl. The summed E-state index contributed by atoms with van der Waals surface area (Å²) in [7, 11) is 1.55.